The van der Waals surface area contributed by atoms with Crippen LogP contribution in [0.25, 0.3) is 0 Å². The van der Waals surface area contributed by atoms with Gasteiger partial charge in [0.25, 0.3) is 0 Å². The molecule has 3 rings (SSSR count). The lowest BCUT2D eigenvalue weighted by Crippen LogP contribution is -2.39. The van der Waals surface area contributed by atoms with Crippen molar-refractivity contribution in [2.24, 2.45) is 17.8 Å². The Morgan fingerprint density at radius 1 is 1.23 bits per heavy atom. The summed E-state index contributed by atoms with van der Waals surface area (Å²) in [6.45, 7) is 1.86. The van der Waals surface area contributed by atoms with Crippen molar-refractivity contribution >= 4 is 0 Å². The zero-order valence-corrected chi connectivity index (χ0v) is 7.74. The van der Waals surface area contributed by atoms with E-state index in [1.165, 1.54) is 6.42 Å². The summed E-state index contributed by atoms with van der Waals surface area (Å²) in [6.07, 6.45) is 3.31. The fourth-order valence-electron chi connectivity index (χ4n) is 3.40. The van der Waals surface area contributed by atoms with Crippen molar-refractivity contribution in [1.29, 1.82) is 0 Å². The largest absolute Gasteiger partial charge is 0.396 e. The molecule has 0 amide bonds. The van der Waals surface area contributed by atoms with Crippen LogP contribution in [-0.4, -0.2) is 30.7 Å². The summed E-state index contributed by atoms with van der Waals surface area (Å²) < 4.78 is 11.4. The molecule has 3 fully saturated rings. The standard InChI is InChI=1S/C10H16O3/c11-6-8-4-9-3-7(8)5-10(9)12-1-2-13-10/h7-9,11H,1-6H2/t7-,8?,9+/m0/s1. The normalized spacial score (nSPS) is 46.4. The van der Waals surface area contributed by atoms with E-state index in [4.69, 9.17) is 14.6 Å². The van der Waals surface area contributed by atoms with E-state index in [2.05, 4.69) is 0 Å². The number of fused-ring (bicyclic) bond motifs is 3. The Morgan fingerprint density at radius 2 is 2.00 bits per heavy atom. The Morgan fingerprint density at radius 3 is 2.54 bits per heavy atom. The quantitative estimate of drug-likeness (QED) is 0.654. The van der Waals surface area contributed by atoms with Gasteiger partial charge in [0.2, 0.25) is 0 Å². The molecule has 3 aliphatic rings. The van der Waals surface area contributed by atoms with Crippen molar-refractivity contribution < 1.29 is 14.6 Å². The SMILES string of the molecule is OCC1C[C@H]2C[C@H]1CC21OCCO1. The van der Waals surface area contributed by atoms with E-state index in [1.807, 2.05) is 0 Å². The predicted octanol–water partition coefficient (Wildman–Crippen LogP) is 0.768. The molecule has 1 unspecified atom stereocenters. The van der Waals surface area contributed by atoms with Crippen LogP contribution in [0.2, 0.25) is 0 Å². The molecular formula is C10H16O3. The second-order valence-corrected chi connectivity index (χ2v) is 4.58. The van der Waals surface area contributed by atoms with Crippen LogP contribution in [-0.2, 0) is 9.47 Å². The highest BCUT2D eigenvalue weighted by molar-refractivity contribution is 5.01. The van der Waals surface area contributed by atoms with Gasteiger partial charge in [-0.2, -0.15) is 0 Å². The molecule has 0 aromatic carbocycles. The molecule has 2 bridgehead atoms. The van der Waals surface area contributed by atoms with Crippen molar-refractivity contribution in [2.75, 3.05) is 19.8 Å². The molecular weight excluding hydrogens is 168 g/mol. The monoisotopic (exact) mass is 184 g/mol. The first-order chi connectivity index (χ1) is 6.34. The molecule has 3 heteroatoms. The molecule has 3 atom stereocenters. The summed E-state index contributed by atoms with van der Waals surface area (Å²) in [4.78, 5) is 0. The first-order valence-electron chi connectivity index (χ1n) is 5.23. The van der Waals surface area contributed by atoms with Crippen molar-refractivity contribution in [3.05, 3.63) is 0 Å². The van der Waals surface area contributed by atoms with E-state index in [0.29, 0.717) is 24.4 Å². The van der Waals surface area contributed by atoms with Gasteiger partial charge in [-0.25, -0.2) is 0 Å². The highest BCUT2D eigenvalue weighted by Crippen LogP contribution is 2.56. The summed E-state index contributed by atoms with van der Waals surface area (Å²) in [7, 11) is 0. The van der Waals surface area contributed by atoms with Crippen molar-refractivity contribution in [2.45, 2.75) is 25.0 Å². The van der Waals surface area contributed by atoms with Crippen molar-refractivity contribution in [3.8, 4) is 0 Å². The van der Waals surface area contributed by atoms with E-state index >= 15 is 0 Å². The summed E-state index contributed by atoms with van der Waals surface area (Å²) in [5.41, 5.74) is 0. The van der Waals surface area contributed by atoms with E-state index in [9.17, 15) is 0 Å². The van der Waals surface area contributed by atoms with Crippen LogP contribution in [0.3, 0.4) is 0 Å². The number of rotatable bonds is 1. The van der Waals surface area contributed by atoms with Crippen LogP contribution in [0, 0.1) is 17.8 Å². The molecule has 1 aliphatic heterocycles. The van der Waals surface area contributed by atoms with Gasteiger partial charge in [0.05, 0.1) is 13.2 Å². The lowest BCUT2D eigenvalue weighted by molar-refractivity contribution is -0.196. The molecule has 1 spiro atoms. The van der Waals surface area contributed by atoms with Gasteiger partial charge in [-0.1, -0.05) is 0 Å². The zero-order valence-electron chi connectivity index (χ0n) is 7.74. The average Bonchev–Trinajstić information content (AvgIpc) is 2.80. The van der Waals surface area contributed by atoms with Crippen molar-refractivity contribution in [3.63, 3.8) is 0 Å². The minimum Gasteiger partial charge on any atom is -0.396 e. The number of aliphatic hydroxyl groups excluding tert-OH is 1. The molecule has 13 heavy (non-hydrogen) atoms. The fourth-order valence-corrected chi connectivity index (χ4v) is 3.40. The summed E-state index contributed by atoms with van der Waals surface area (Å²) in [6, 6.07) is 0. The highest BCUT2D eigenvalue weighted by atomic mass is 16.7. The van der Waals surface area contributed by atoms with Gasteiger partial charge in [0.1, 0.15) is 0 Å². The minimum absolute atomic E-state index is 0.226. The lowest BCUT2D eigenvalue weighted by Gasteiger charge is -2.34. The zero-order chi connectivity index (χ0) is 8.89. The van der Waals surface area contributed by atoms with Gasteiger partial charge in [-0.05, 0) is 24.7 Å². The second-order valence-electron chi connectivity index (χ2n) is 4.58. The highest BCUT2D eigenvalue weighted by Gasteiger charge is 2.58. The first kappa shape index (κ1) is 8.21. The molecule has 74 valence electrons. The smallest absolute Gasteiger partial charge is 0.171 e. The minimum atomic E-state index is -0.226. The van der Waals surface area contributed by atoms with Crippen LogP contribution in [0.1, 0.15) is 19.3 Å². The van der Waals surface area contributed by atoms with Crippen LogP contribution in [0.15, 0.2) is 0 Å². The maximum absolute atomic E-state index is 9.14. The number of hydrogen-bond acceptors (Lipinski definition) is 3. The molecule has 1 saturated heterocycles. The molecule has 3 nitrogen and oxygen atoms in total. The lowest BCUT2D eigenvalue weighted by atomic mass is 9.85. The molecule has 1 heterocycles. The Balaban J connectivity index is 1.78. The van der Waals surface area contributed by atoms with Gasteiger partial charge < -0.3 is 14.6 Å². The maximum Gasteiger partial charge on any atom is 0.171 e. The van der Waals surface area contributed by atoms with E-state index in [1.54, 1.807) is 0 Å². The summed E-state index contributed by atoms with van der Waals surface area (Å²) in [5.74, 6) is 1.49. The van der Waals surface area contributed by atoms with Gasteiger partial charge in [-0.15, -0.1) is 0 Å². The average molecular weight is 184 g/mol. The first-order valence-corrected chi connectivity index (χ1v) is 5.23. The Labute approximate surface area is 78.0 Å². The van der Waals surface area contributed by atoms with Gasteiger partial charge in [-0.3, -0.25) is 0 Å². The molecule has 0 aromatic rings. The van der Waals surface area contributed by atoms with Crippen LogP contribution < -0.4 is 0 Å². The van der Waals surface area contributed by atoms with Crippen LogP contribution >= 0.6 is 0 Å². The molecule has 2 aliphatic carbocycles. The topological polar surface area (TPSA) is 38.7 Å². The molecule has 0 radical (unpaired) electrons. The summed E-state index contributed by atoms with van der Waals surface area (Å²) in [5, 5.41) is 9.14. The Hall–Kier alpha value is -0.120. The third-order valence-corrected chi connectivity index (χ3v) is 4.02. The van der Waals surface area contributed by atoms with Gasteiger partial charge >= 0.3 is 0 Å². The fraction of sp³-hybridized carbons (Fsp3) is 1.00. The number of hydrogen-bond donors (Lipinski definition) is 1. The molecule has 2 saturated carbocycles. The van der Waals surface area contributed by atoms with E-state index in [0.717, 1.165) is 26.1 Å². The predicted molar refractivity (Wildman–Crippen MR) is 46.0 cm³/mol. The second kappa shape index (κ2) is 2.69. The van der Waals surface area contributed by atoms with Gasteiger partial charge in [0, 0.05) is 18.9 Å². The third-order valence-electron chi connectivity index (χ3n) is 4.02. The van der Waals surface area contributed by atoms with E-state index in [-0.39, 0.29) is 5.79 Å². The maximum atomic E-state index is 9.14. The Bertz CT molecular complexity index is 210. The number of aliphatic hydroxyl groups is 1. The van der Waals surface area contributed by atoms with Crippen LogP contribution in [0.4, 0.5) is 0 Å². The molecule has 1 N–H and O–H groups in total. The Kier molecular flexibility index (Phi) is 1.70. The van der Waals surface area contributed by atoms with Crippen molar-refractivity contribution in [1.82, 2.24) is 0 Å². The molecule has 0 aromatic heterocycles. The number of ether oxygens (including phenoxy) is 2. The van der Waals surface area contributed by atoms with Gasteiger partial charge in [0.15, 0.2) is 5.79 Å². The van der Waals surface area contributed by atoms with Crippen LogP contribution in [0.5, 0.6) is 0 Å². The van der Waals surface area contributed by atoms with E-state index < -0.39 is 0 Å². The summed E-state index contributed by atoms with van der Waals surface area (Å²) >= 11 is 0. The third kappa shape index (κ3) is 1.01.